The molecule has 1 saturated carbocycles. The molecule has 100 valence electrons. The summed E-state index contributed by atoms with van der Waals surface area (Å²) >= 11 is 0. The molecule has 4 heteroatoms. The lowest BCUT2D eigenvalue weighted by Crippen LogP contribution is -2.17. The van der Waals surface area contributed by atoms with Gasteiger partial charge in [0.05, 0.1) is 0 Å². The maximum Gasteiger partial charge on any atom is 0.374 e. The van der Waals surface area contributed by atoms with Gasteiger partial charge in [0, 0.05) is 7.11 Å². The quantitative estimate of drug-likeness (QED) is 0.609. The second-order valence-corrected chi connectivity index (χ2v) is 4.72. The van der Waals surface area contributed by atoms with Crippen molar-refractivity contribution in [3.05, 3.63) is 23.7 Å². The topological polar surface area (TPSA) is 48.7 Å². The molecule has 0 aromatic carbocycles. The molecule has 0 atom stereocenters. The van der Waals surface area contributed by atoms with Gasteiger partial charge in [-0.2, -0.15) is 0 Å². The SMILES string of the molecule is COCc1ccc(C(=O)OC2CCCCCC2)o1. The van der Waals surface area contributed by atoms with Crippen LogP contribution in [0.4, 0.5) is 0 Å². The summed E-state index contributed by atoms with van der Waals surface area (Å²) in [5.74, 6) is 0.556. The van der Waals surface area contributed by atoms with E-state index < -0.39 is 0 Å². The van der Waals surface area contributed by atoms with E-state index in [1.165, 1.54) is 12.8 Å². The molecular formula is C14H20O4. The molecule has 1 aromatic heterocycles. The van der Waals surface area contributed by atoms with Crippen LogP contribution < -0.4 is 0 Å². The van der Waals surface area contributed by atoms with Crippen molar-refractivity contribution in [2.45, 2.75) is 51.2 Å². The molecular weight excluding hydrogens is 232 g/mol. The van der Waals surface area contributed by atoms with Crippen LogP contribution in [0, 0.1) is 0 Å². The minimum Gasteiger partial charge on any atom is -0.457 e. The van der Waals surface area contributed by atoms with Crippen LogP contribution in [0.5, 0.6) is 0 Å². The molecule has 1 fully saturated rings. The number of carbonyl (C=O) groups excluding carboxylic acids is 1. The molecule has 2 rings (SSSR count). The Morgan fingerprint density at radius 1 is 1.28 bits per heavy atom. The first kappa shape index (κ1) is 13.1. The highest BCUT2D eigenvalue weighted by atomic mass is 16.6. The Bertz CT molecular complexity index is 375. The van der Waals surface area contributed by atoms with Crippen molar-refractivity contribution in [2.24, 2.45) is 0 Å². The summed E-state index contributed by atoms with van der Waals surface area (Å²) < 4.78 is 15.8. The predicted molar refractivity (Wildman–Crippen MR) is 66.3 cm³/mol. The number of hydrogen-bond donors (Lipinski definition) is 0. The summed E-state index contributed by atoms with van der Waals surface area (Å²) in [5, 5.41) is 0. The lowest BCUT2D eigenvalue weighted by Gasteiger charge is -2.14. The number of esters is 1. The standard InChI is InChI=1S/C14H20O4/c1-16-10-12-8-9-13(17-12)14(15)18-11-6-4-2-3-5-7-11/h8-9,11H,2-7,10H2,1H3. The van der Waals surface area contributed by atoms with E-state index in [2.05, 4.69) is 0 Å². The van der Waals surface area contributed by atoms with Gasteiger partial charge in [-0.3, -0.25) is 0 Å². The minimum absolute atomic E-state index is 0.0518. The van der Waals surface area contributed by atoms with E-state index in [-0.39, 0.29) is 17.8 Å². The number of rotatable bonds is 4. The Kier molecular flexibility index (Phi) is 4.81. The Morgan fingerprint density at radius 3 is 2.67 bits per heavy atom. The zero-order valence-electron chi connectivity index (χ0n) is 10.8. The maximum absolute atomic E-state index is 11.9. The van der Waals surface area contributed by atoms with Crippen molar-refractivity contribution in [1.29, 1.82) is 0 Å². The van der Waals surface area contributed by atoms with Gasteiger partial charge in [-0.25, -0.2) is 4.79 Å². The fourth-order valence-electron chi connectivity index (χ4n) is 2.28. The molecule has 18 heavy (non-hydrogen) atoms. The molecule has 0 aliphatic heterocycles. The van der Waals surface area contributed by atoms with E-state index in [0.717, 1.165) is 25.7 Å². The van der Waals surface area contributed by atoms with Crippen molar-refractivity contribution < 1.29 is 18.7 Å². The molecule has 1 aliphatic rings. The molecule has 1 heterocycles. The van der Waals surface area contributed by atoms with Gasteiger partial charge in [0.15, 0.2) is 0 Å². The Morgan fingerprint density at radius 2 is 2.00 bits per heavy atom. The molecule has 1 aliphatic carbocycles. The molecule has 1 aromatic rings. The monoisotopic (exact) mass is 252 g/mol. The molecule has 0 unspecified atom stereocenters. The predicted octanol–water partition coefficient (Wildman–Crippen LogP) is 3.31. The average molecular weight is 252 g/mol. The van der Waals surface area contributed by atoms with Crippen LogP contribution in [0.3, 0.4) is 0 Å². The zero-order chi connectivity index (χ0) is 12.8. The van der Waals surface area contributed by atoms with Gasteiger partial charge in [-0.05, 0) is 37.8 Å². The lowest BCUT2D eigenvalue weighted by atomic mass is 10.1. The largest absolute Gasteiger partial charge is 0.457 e. The van der Waals surface area contributed by atoms with Crippen LogP contribution in [0.15, 0.2) is 16.5 Å². The van der Waals surface area contributed by atoms with Crippen molar-refractivity contribution in [3.8, 4) is 0 Å². The third kappa shape index (κ3) is 3.60. The molecule has 4 nitrogen and oxygen atoms in total. The van der Waals surface area contributed by atoms with Crippen molar-refractivity contribution in [3.63, 3.8) is 0 Å². The van der Waals surface area contributed by atoms with Gasteiger partial charge >= 0.3 is 5.97 Å². The van der Waals surface area contributed by atoms with E-state index in [4.69, 9.17) is 13.9 Å². The fraction of sp³-hybridized carbons (Fsp3) is 0.643. The molecule has 0 N–H and O–H groups in total. The Hall–Kier alpha value is -1.29. The number of hydrogen-bond acceptors (Lipinski definition) is 4. The molecule has 0 bridgehead atoms. The summed E-state index contributed by atoms with van der Waals surface area (Å²) in [6, 6.07) is 3.39. The van der Waals surface area contributed by atoms with Gasteiger partial charge in [0.1, 0.15) is 18.5 Å². The smallest absolute Gasteiger partial charge is 0.374 e. The first-order valence-corrected chi connectivity index (χ1v) is 6.58. The van der Waals surface area contributed by atoms with Gasteiger partial charge in [-0.15, -0.1) is 0 Å². The summed E-state index contributed by atoms with van der Waals surface area (Å²) in [4.78, 5) is 11.9. The Balaban J connectivity index is 1.89. The second kappa shape index (κ2) is 6.59. The first-order chi connectivity index (χ1) is 8.79. The second-order valence-electron chi connectivity index (χ2n) is 4.72. The van der Waals surface area contributed by atoms with Crippen LogP contribution in [-0.2, 0) is 16.1 Å². The Labute approximate surface area is 107 Å². The molecule has 0 radical (unpaired) electrons. The van der Waals surface area contributed by atoms with Crippen molar-refractivity contribution in [1.82, 2.24) is 0 Å². The highest BCUT2D eigenvalue weighted by molar-refractivity contribution is 5.86. The van der Waals surface area contributed by atoms with E-state index in [9.17, 15) is 4.79 Å². The van der Waals surface area contributed by atoms with E-state index in [0.29, 0.717) is 12.4 Å². The van der Waals surface area contributed by atoms with Crippen LogP contribution in [0.2, 0.25) is 0 Å². The fourth-order valence-corrected chi connectivity index (χ4v) is 2.28. The summed E-state index contributed by atoms with van der Waals surface area (Å²) in [7, 11) is 1.59. The lowest BCUT2D eigenvalue weighted by molar-refractivity contribution is 0.0227. The van der Waals surface area contributed by atoms with Gasteiger partial charge in [-0.1, -0.05) is 12.8 Å². The van der Waals surface area contributed by atoms with Crippen LogP contribution in [-0.4, -0.2) is 19.2 Å². The maximum atomic E-state index is 11.9. The van der Waals surface area contributed by atoms with Gasteiger partial charge < -0.3 is 13.9 Å². The summed E-state index contributed by atoms with van der Waals surface area (Å²) in [6.07, 6.45) is 6.76. The van der Waals surface area contributed by atoms with Crippen LogP contribution >= 0.6 is 0 Å². The number of furan rings is 1. The van der Waals surface area contributed by atoms with E-state index >= 15 is 0 Å². The minimum atomic E-state index is -0.357. The van der Waals surface area contributed by atoms with Gasteiger partial charge in [0.2, 0.25) is 5.76 Å². The average Bonchev–Trinajstić information content (AvgIpc) is 2.67. The highest BCUT2D eigenvalue weighted by Gasteiger charge is 2.20. The molecule has 0 spiro atoms. The van der Waals surface area contributed by atoms with Crippen molar-refractivity contribution >= 4 is 5.97 Å². The molecule has 0 amide bonds. The van der Waals surface area contributed by atoms with E-state index in [1.54, 1.807) is 19.2 Å². The highest BCUT2D eigenvalue weighted by Crippen LogP contribution is 2.21. The first-order valence-electron chi connectivity index (χ1n) is 6.58. The zero-order valence-corrected chi connectivity index (χ0v) is 10.8. The van der Waals surface area contributed by atoms with Crippen molar-refractivity contribution in [2.75, 3.05) is 7.11 Å². The molecule has 0 saturated heterocycles. The normalized spacial score (nSPS) is 17.4. The summed E-state index contributed by atoms with van der Waals surface area (Å²) in [5.41, 5.74) is 0. The third-order valence-corrected chi connectivity index (χ3v) is 3.23. The number of carbonyl (C=O) groups is 1. The van der Waals surface area contributed by atoms with Crippen LogP contribution in [0.25, 0.3) is 0 Å². The number of ether oxygens (including phenoxy) is 2. The third-order valence-electron chi connectivity index (χ3n) is 3.23. The van der Waals surface area contributed by atoms with E-state index in [1.807, 2.05) is 0 Å². The van der Waals surface area contributed by atoms with Crippen LogP contribution in [0.1, 0.15) is 54.8 Å². The number of methoxy groups -OCH3 is 1. The van der Waals surface area contributed by atoms with Gasteiger partial charge in [0.25, 0.3) is 0 Å². The summed E-state index contributed by atoms with van der Waals surface area (Å²) in [6.45, 7) is 0.372.